The van der Waals surface area contributed by atoms with Gasteiger partial charge in [-0.3, -0.25) is 0 Å². The van der Waals surface area contributed by atoms with Gasteiger partial charge in [-0.15, -0.1) is 11.3 Å². The number of anilines is 2. The van der Waals surface area contributed by atoms with Crippen LogP contribution in [0.4, 0.5) is 11.4 Å². The number of rotatable bonds is 4. The van der Waals surface area contributed by atoms with Crippen LogP contribution in [0, 0.1) is 6.92 Å². The smallest absolute Gasteiger partial charge is 0.185 e. The Labute approximate surface area is 167 Å². The first-order chi connectivity index (χ1) is 12.9. The molecule has 1 aliphatic heterocycles. The number of thiazole rings is 1. The lowest BCUT2D eigenvalue weighted by molar-refractivity contribution is 0.313. The Kier molecular flexibility index (Phi) is 4.84. The molecular formula is C19H17ClN2O3S2. The molecule has 2 aromatic carbocycles. The number of nitrogens with zero attached hydrogens (tertiary/aromatic N) is 2. The minimum atomic E-state index is -3.49. The highest BCUT2D eigenvalue weighted by Gasteiger charge is 2.25. The van der Waals surface area contributed by atoms with Gasteiger partial charge in [-0.25, -0.2) is 13.4 Å². The molecule has 3 aromatic rings. The van der Waals surface area contributed by atoms with Gasteiger partial charge in [-0.1, -0.05) is 17.7 Å². The number of fused-ring (bicyclic) bond motifs is 1. The van der Waals surface area contributed by atoms with Gasteiger partial charge < -0.3 is 9.64 Å². The summed E-state index contributed by atoms with van der Waals surface area (Å²) in [7, 11) is -3.49. The number of hydrogen-bond donors (Lipinski definition) is 0. The third-order valence-corrected chi connectivity index (χ3v) is 7.24. The van der Waals surface area contributed by atoms with Crippen LogP contribution >= 0.6 is 22.9 Å². The highest BCUT2D eigenvalue weighted by Crippen LogP contribution is 2.40. The summed E-state index contributed by atoms with van der Waals surface area (Å²) in [5.41, 5.74) is 2.91. The Bertz CT molecular complexity index is 1080. The van der Waals surface area contributed by atoms with Crippen LogP contribution in [0.25, 0.3) is 0 Å². The molecule has 2 heterocycles. The van der Waals surface area contributed by atoms with Crippen LogP contribution < -0.4 is 9.64 Å². The van der Waals surface area contributed by atoms with E-state index in [0.717, 1.165) is 16.9 Å². The lowest BCUT2D eigenvalue weighted by Gasteiger charge is -2.32. The van der Waals surface area contributed by atoms with Gasteiger partial charge in [0.2, 0.25) is 0 Å². The third kappa shape index (κ3) is 3.67. The van der Waals surface area contributed by atoms with E-state index in [9.17, 15) is 8.42 Å². The van der Waals surface area contributed by atoms with Crippen LogP contribution in [0.1, 0.15) is 10.6 Å². The fourth-order valence-corrected chi connectivity index (χ4v) is 5.52. The molecule has 1 aromatic heterocycles. The number of aryl methyl sites for hydroxylation is 1. The predicted octanol–water partition coefficient (Wildman–Crippen LogP) is 4.61. The number of benzene rings is 2. The molecule has 0 radical (unpaired) electrons. The third-order valence-electron chi connectivity index (χ3n) is 4.41. The summed E-state index contributed by atoms with van der Waals surface area (Å²) in [4.78, 5) is 6.42. The highest BCUT2D eigenvalue weighted by atomic mass is 35.5. The Balaban J connectivity index is 1.71. The summed E-state index contributed by atoms with van der Waals surface area (Å²) in [6.07, 6.45) is 1.61. The fourth-order valence-electron chi connectivity index (χ4n) is 3.09. The molecule has 140 valence electrons. The van der Waals surface area contributed by atoms with Gasteiger partial charge in [0.25, 0.3) is 0 Å². The van der Waals surface area contributed by atoms with E-state index < -0.39 is 9.84 Å². The molecule has 0 saturated carbocycles. The van der Waals surface area contributed by atoms with Gasteiger partial charge in [0.15, 0.2) is 9.84 Å². The SMILES string of the molecule is Cc1ccc(Cl)cc1N1CCOc2cc(S(=O)(=O)Cc3nccs3)ccc21. The summed E-state index contributed by atoms with van der Waals surface area (Å²) in [6.45, 7) is 3.15. The molecule has 4 rings (SSSR count). The van der Waals surface area contributed by atoms with Crippen molar-refractivity contribution < 1.29 is 13.2 Å². The second-order valence-corrected chi connectivity index (χ2v) is 9.65. The molecule has 0 fully saturated rings. The van der Waals surface area contributed by atoms with Crippen molar-refractivity contribution >= 4 is 44.1 Å². The zero-order valence-electron chi connectivity index (χ0n) is 14.6. The zero-order valence-corrected chi connectivity index (χ0v) is 16.9. The lowest BCUT2D eigenvalue weighted by atomic mass is 10.1. The summed E-state index contributed by atoms with van der Waals surface area (Å²) in [6, 6.07) is 10.8. The van der Waals surface area contributed by atoms with Crippen molar-refractivity contribution in [2.24, 2.45) is 0 Å². The first-order valence-electron chi connectivity index (χ1n) is 8.36. The monoisotopic (exact) mass is 420 g/mol. The van der Waals surface area contributed by atoms with E-state index in [2.05, 4.69) is 9.88 Å². The van der Waals surface area contributed by atoms with Crippen LogP contribution in [0.2, 0.25) is 5.02 Å². The molecule has 1 aliphatic rings. The van der Waals surface area contributed by atoms with Crippen molar-refractivity contribution in [2.75, 3.05) is 18.1 Å². The molecule has 0 atom stereocenters. The number of aromatic nitrogens is 1. The predicted molar refractivity (Wildman–Crippen MR) is 108 cm³/mol. The molecule has 0 bridgehead atoms. The van der Waals surface area contributed by atoms with Crippen molar-refractivity contribution in [1.82, 2.24) is 4.98 Å². The molecular weight excluding hydrogens is 404 g/mol. The molecule has 27 heavy (non-hydrogen) atoms. The first-order valence-corrected chi connectivity index (χ1v) is 11.3. The average Bonchev–Trinajstić information content (AvgIpc) is 3.15. The standard InChI is InChI=1S/C19H17ClN2O3S2/c1-13-2-3-14(20)10-17(13)22-7-8-25-18-11-15(4-5-16(18)22)27(23,24)12-19-21-6-9-26-19/h2-6,9-11H,7-8,12H2,1H3. The number of sulfone groups is 1. The summed E-state index contributed by atoms with van der Waals surface area (Å²) in [5.74, 6) is 0.446. The van der Waals surface area contributed by atoms with Gasteiger partial charge in [-0.05, 0) is 36.8 Å². The Morgan fingerprint density at radius 2 is 2.07 bits per heavy atom. The van der Waals surface area contributed by atoms with Crippen LogP contribution in [0.15, 0.2) is 52.9 Å². The molecule has 0 N–H and O–H groups in total. The minimum Gasteiger partial charge on any atom is -0.489 e. The Morgan fingerprint density at radius 3 is 2.85 bits per heavy atom. The topological polar surface area (TPSA) is 59.5 Å². The van der Waals surface area contributed by atoms with Crippen molar-refractivity contribution in [3.05, 3.63) is 63.6 Å². The maximum absolute atomic E-state index is 12.7. The summed E-state index contributed by atoms with van der Waals surface area (Å²) in [5, 5.41) is 3.00. The normalized spacial score (nSPS) is 13.9. The highest BCUT2D eigenvalue weighted by molar-refractivity contribution is 7.90. The van der Waals surface area contributed by atoms with E-state index in [1.807, 2.05) is 25.1 Å². The maximum Gasteiger partial charge on any atom is 0.185 e. The second kappa shape index (κ2) is 7.14. The Hall–Kier alpha value is -2.09. The number of hydrogen-bond acceptors (Lipinski definition) is 6. The molecule has 0 amide bonds. The second-order valence-electron chi connectivity index (χ2n) is 6.25. The first kappa shape index (κ1) is 18.3. The van der Waals surface area contributed by atoms with Gasteiger partial charge in [0.1, 0.15) is 23.1 Å². The largest absolute Gasteiger partial charge is 0.489 e. The van der Waals surface area contributed by atoms with Crippen molar-refractivity contribution in [3.63, 3.8) is 0 Å². The summed E-state index contributed by atoms with van der Waals surface area (Å²) >= 11 is 7.51. The summed E-state index contributed by atoms with van der Waals surface area (Å²) < 4.78 is 31.2. The van der Waals surface area contributed by atoms with E-state index >= 15 is 0 Å². The average molecular weight is 421 g/mol. The van der Waals surface area contributed by atoms with Crippen LogP contribution in [0.5, 0.6) is 5.75 Å². The van der Waals surface area contributed by atoms with Crippen molar-refractivity contribution in [1.29, 1.82) is 0 Å². The molecule has 0 unspecified atom stereocenters. The maximum atomic E-state index is 12.7. The zero-order chi connectivity index (χ0) is 19.0. The molecule has 8 heteroatoms. The number of ether oxygens (including phenoxy) is 1. The van der Waals surface area contributed by atoms with E-state index in [4.69, 9.17) is 16.3 Å². The lowest BCUT2D eigenvalue weighted by Crippen LogP contribution is -2.29. The van der Waals surface area contributed by atoms with Crippen molar-refractivity contribution in [3.8, 4) is 5.75 Å². The van der Waals surface area contributed by atoms with E-state index in [1.54, 1.807) is 29.8 Å². The van der Waals surface area contributed by atoms with E-state index in [-0.39, 0.29) is 10.6 Å². The Morgan fingerprint density at radius 1 is 1.22 bits per heavy atom. The van der Waals surface area contributed by atoms with Gasteiger partial charge >= 0.3 is 0 Å². The fraction of sp³-hybridized carbons (Fsp3) is 0.211. The quantitative estimate of drug-likeness (QED) is 0.616. The molecule has 0 aliphatic carbocycles. The van der Waals surface area contributed by atoms with Crippen LogP contribution in [-0.4, -0.2) is 26.6 Å². The van der Waals surface area contributed by atoms with E-state index in [1.165, 1.54) is 11.3 Å². The van der Waals surface area contributed by atoms with Gasteiger partial charge in [-0.2, -0.15) is 0 Å². The molecule has 0 spiro atoms. The van der Waals surface area contributed by atoms with E-state index in [0.29, 0.717) is 28.9 Å². The molecule has 0 saturated heterocycles. The minimum absolute atomic E-state index is 0.111. The van der Waals surface area contributed by atoms with Crippen LogP contribution in [0.3, 0.4) is 0 Å². The van der Waals surface area contributed by atoms with Crippen molar-refractivity contribution in [2.45, 2.75) is 17.6 Å². The van der Waals surface area contributed by atoms with Gasteiger partial charge in [0, 0.05) is 28.4 Å². The molecule has 5 nitrogen and oxygen atoms in total. The van der Waals surface area contributed by atoms with Crippen LogP contribution in [-0.2, 0) is 15.6 Å². The van der Waals surface area contributed by atoms with Gasteiger partial charge in [0.05, 0.1) is 17.1 Å². The number of halogens is 1.